The van der Waals surface area contributed by atoms with Gasteiger partial charge in [0.05, 0.1) is 24.5 Å². The van der Waals surface area contributed by atoms with Crippen LogP contribution < -0.4 is 10.6 Å². The summed E-state index contributed by atoms with van der Waals surface area (Å²) in [4.78, 5) is 9.95. The Morgan fingerprint density at radius 3 is 3.06 bits per heavy atom. The average Bonchev–Trinajstić information content (AvgIpc) is 2.30. The van der Waals surface area contributed by atoms with Crippen LogP contribution in [0.15, 0.2) is 6.20 Å². The molecule has 1 unspecified atom stereocenters. The maximum atomic E-state index is 9.27. The first kappa shape index (κ1) is 13.3. The lowest BCUT2D eigenvalue weighted by Gasteiger charge is -2.43. The van der Waals surface area contributed by atoms with Crippen molar-refractivity contribution < 1.29 is 9.84 Å². The summed E-state index contributed by atoms with van der Waals surface area (Å²) in [5, 5.41) is 9.71. The number of morpholine rings is 1. The van der Waals surface area contributed by atoms with Gasteiger partial charge in [0, 0.05) is 13.1 Å². The molecule has 0 radical (unpaired) electrons. The highest BCUT2D eigenvalue weighted by Gasteiger charge is 2.34. The molecule has 0 amide bonds. The summed E-state index contributed by atoms with van der Waals surface area (Å²) in [6.07, 6.45) is 1.22. The highest BCUT2D eigenvalue weighted by molar-refractivity contribution is 6.32. The summed E-state index contributed by atoms with van der Waals surface area (Å²) in [6.45, 7) is 5.02. The summed E-state index contributed by atoms with van der Waals surface area (Å²) in [5.74, 6) is 0.762. The van der Waals surface area contributed by atoms with Gasteiger partial charge in [-0.15, -0.1) is 0 Å². The largest absolute Gasteiger partial charge is 0.394 e. The molecule has 18 heavy (non-hydrogen) atoms. The van der Waals surface area contributed by atoms with Crippen molar-refractivity contribution in [2.45, 2.75) is 25.6 Å². The number of nitrogens with two attached hydrogens (primary N) is 1. The molecule has 0 bridgehead atoms. The van der Waals surface area contributed by atoms with Crippen LogP contribution in [0.1, 0.15) is 13.8 Å². The Morgan fingerprint density at radius 2 is 2.39 bits per heavy atom. The number of hydrogen-bond donors (Lipinski definition) is 2. The maximum absolute atomic E-state index is 9.27. The fourth-order valence-electron chi connectivity index (χ4n) is 2.15. The van der Waals surface area contributed by atoms with Crippen molar-refractivity contribution in [2.75, 3.05) is 30.3 Å². The van der Waals surface area contributed by atoms with Gasteiger partial charge in [0.2, 0.25) is 5.95 Å². The van der Waals surface area contributed by atoms with Crippen LogP contribution in [0.2, 0.25) is 5.02 Å². The molecule has 1 aromatic rings. The fraction of sp³-hybridized carbons (Fsp3) is 0.636. The zero-order valence-electron chi connectivity index (χ0n) is 10.4. The predicted octanol–water partition coefficient (Wildman–Crippen LogP) is 0.688. The first-order valence-electron chi connectivity index (χ1n) is 5.73. The third-order valence-electron chi connectivity index (χ3n) is 2.73. The first-order chi connectivity index (χ1) is 8.41. The van der Waals surface area contributed by atoms with Gasteiger partial charge in [-0.3, -0.25) is 0 Å². The second-order valence-electron chi connectivity index (χ2n) is 4.96. The third-order valence-corrected chi connectivity index (χ3v) is 3.00. The van der Waals surface area contributed by atoms with Crippen LogP contribution in [0.25, 0.3) is 0 Å². The van der Waals surface area contributed by atoms with Gasteiger partial charge in [-0.2, -0.15) is 4.98 Å². The van der Waals surface area contributed by atoms with Crippen LogP contribution in [0.5, 0.6) is 0 Å². The number of ether oxygens (including phenoxy) is 1. The van der Waals surface area contributed by atoms with Crippen LogP contribution in [0.4, 0.5) is 11.8 Å². The minimum atomic E-state index is -0.380. The minimum Gasteiger partial charge on any atom is -0.394 e. The Kier molecular flexibility index (Phi) is 3.61. The molecule has 2 heterocycles. The number of anilines is 2. The van der Waals surface area contributed by atoms with Crippen molar-refractivity contribution in [3.63, 3.8) is 0 Å². The van der Waals surface area contributed by atoms with E-state index in [0.29, 0.717) is 23.9 Å². The number of aromatic nitrogens is 2. The minimum absolute atomic E-state index is 0.0435. The number of nitrogens with zero attached hydrogens (tertiary/aromatic N) is 3. The standard InChI is InChI=1S/C11H17ClN4O2/c1-11(2)6-16(4-7(5-17)18-11)9-8(12)3-14-10(13)15-9/h3,7,17H,4-6H2,1-2H3,(H2,13,14,15). The molecule has 1 aliphatic rings. The second kappa shape index (κ2) is 4.87. The summed E-state index contributed by atoms with van der Waals surface area (Å²) >= 11 is 6.09. The van der Waals surface area contributed by atoms with E-state index < -0.39 is 0 Å². The van der Waals surface area contributed by atoms with Crippen molar-refractivity contribution in [3.8, 4) is 0 Å². The summed E-state index contributed by atoms with van der Waals surface area (Å²) in [6, 6.07) is 0. The molecule has 1 saturated heterocycles. The molecule has 0 spiro atoms. The molecule has 0 aromatic carbocycles. The van der Waals surface area contributed by atoms with Crippen molar-refractivity contribution in [3.05, 3.63) is 11.2 Å². The molecule has 2 rings (SSSR count). The molecular weight excluding hydrogens is 256 g/mol. The number of halogens is 1. The summed E-state index contributed by atoms with van der Waals surface area (Å²) in [5.41, 5.74) is 5.20. The number of hydrogen-bond acceptors (Lipinski definition) is 6. The number of nitrogen functional groups attached to an aromatic ring is 1. The SMILES string of the molecule is CC1(C)CN(c2nc(N)ncc2Cl)CC(CO)O1. The average molecular weight is 273 g/mol. The number of aliphatic hydroxyl groups excluding tert-OH is 1. The van der Waals surface area contributed by atoms with E-state index in [0.717, 1.165) is 0 Å². The van der Waals surface area contributed by atoms with Crippen LogP contribution >= 0.6 is 11.6 Å². The zero-order valence-corrected chi connectivity index (χ0v) is 11.2. The lowest BCUT2D eigenvalue weighted by Crippen LogP contribution is -2.54. The van der Waals surface area contributed by atoms with Crippen LogP contribution in [-0.2, 0) is 4.74 Å². The Balaban J connectivity index is 2.29. The van der Waals surface area contributed by atoms with Crippen molar-refractivity contribution in [1.82, 2.24) is 9.97 Å². The summed E-state index contributed by atoms with van der Waals surface area (Å²) < 4.78 is 5.74. The van der Waals surface area contributed by atoms with Crippen molar-refractivity contribution >= 4 is 23.4 Å². The summed E-state index contributed by atoms with van der Waals surface area (Å²) in [7, 11) is 0. The van der Waals surface area contributed by atoms with Crippen molar-refractivity contribution in [1.29, 1.82) is 0 Å². The molecule has 100 valence electrons. The van der Waals surface area contributed by atoms with E-state index in [2.05, 4.69) is 9.97 Å². The van der Waals surface area contributed by atoms with Gasteiger partial charge in [0.15, 0.2) is 5.82 Å². The molecule has 6 nitrogen and oxygen atoms in total. The van der Waals surface area contributed by atoms with E-state index in [1.54, 1.807) is 0 Å². The lowest BCUT2D eigenvalue weighted by atomic mass is 10.1. The van der Waals surface area contributed by atoms with Gasteiger partial charge in [-0.05, 0) is 13.8 Å². The Hall–Kier alpha value is -1.11. The Bertz CT molecular complexity index is 441. The van der Waals surface area contributed by atoms with Crippen LogP contribution in [-0.4, -0.2) is 46.5 Å². The molecule has 7 heteroatoms. The van der Waals surface area contributed by atoms with Crippen LogP contribution in [0, 0.1) is 0 Å². The smallest absolute Gasteiger partial charge is 0.222 e. The van der Waals surface area contributed by atoms with Gasteiger partial charge in [-0.25, -0.2) is 4.98 Å². The third kappa shape index (κ3) is 2.82. The van der Waals surface area contributed by atoms with Crippen LogP contribution in [0.3, 0.4) is 0 Å². The molecule has 3 N–H and O–H groups in total. The predicted molar refractivity (Wildman–Crippen MR) is 69.7 cm³/mol. The molecule has 0 saturated carbocycles. The number of rotatable bonds is 2. The monoisotopic (exact) mass is 272 g/mol. The molecule has 1 fully saturated rings. The van der Waals surface area contributed by atoms with E-state index >= 15 is 0 Å². The van der Waals surface area contributed by atoms with Gasteiger partial charge in [0.25, 0.3) is 0 Å². The topological polar surface area (TPSA) is 84.5 Å². The van der Waals surface area contributed by atoms with E-state index in [4.69, 9.17) is 22.1 Å². The second-order valence-corrected chi connectivity index (χ2v) is 5.37. The molecular formula is C11H17ClN4O2. The van der Waals surface area contributed by atoms with E-state index in [9.17, 15) is 5.11 Å². The maximum Gasteiger partial charge on any atom is 0.222 e. The molecule has 1 aromatic heterocycles. The van der Waals surface area contributed by atoms with E-state index in [-0.39, 0.29) is 24.3 Å². The van der Waals surface area contributed by atoms with E-state index in [1.807, 2.05) is 18.7 Å². The quantitative estimate of drug-likeness (QED) is 0.824. The zero-order chi connectivity index (χ0) is 13.3. The van der Waals surface area contributed by atoms with E-state index in [1.165, 1.54) is 6.20 Å². The fourth-order valence-corrected chi connectivity index (χ4v) is 2.36. The van der Waals surface area contributed by atoms with Gasteiger partial charge in [0.1, 0.15) is 5.02 Å². The molecule has 0 aliphatic carbocycles. The highest BCUT2D eigenvalue weighted by Crippen LogP contribution is 2.29. The highest BCUT2D eigenvalue weighted by atomic mass is 35.5. The Labute approximate surface area is 111 Å². The normalized spacial score (nSPS) is 23.1. The Morgan fingerprint density at radius 1 is 1.67 bits per heavy atom. The number of aliphatic hydroxyl groups is 1. The lowest BCUT2D eigenvalue weighted by molar-refractivity contribution is -0.101. The van der Waals surface area contributed by atoms with Gasteiger partial charge < -0.3 is 20.5 Å². The van der Waals surface area contributed by atoms with Crippen molar-refractivity contribution in [2.24, 2.45) is 0 Å². The van der Waals surface area contributed by atoms with Gasteiger partial charge in [-0.1, -0.05) is 11.6 Å². The molecule has 1 aliphatic heterocycles. The van der Waals surface area contributed by atoms with Gasteiger partial charge >= 0.3 is 0 Å². The molecule has 1 atom stereocenters. The first-order valence-corrected chi connectivity index (χ1v) is 6.11.